The van der Waals surface area contributed by atoms with E-state index in [2.05, 4.69) is 5.32 Å². The minimum Gasteiger partial charge on any atom is -0.462 e. The number of aromatic nitrogens is 1. The molecule has 1 saturated heterocycles. The standard InChI is InChI=1S/C23H27F2N3O3/c1-2-31-23(30)18-12-28(15-6-7-15)21-16(20(25)19(24)9-17(21)22(18)29)5-3-4-14-8-13(10-26)11-27-14/h3,5,9,12-15,27H,2,4,6-8,10-11,26H2,1H3/t13-,14+/m1/s1. The van der Waals surface area contributed by atoms with Gasteiger partial charge in [-0.25, -0.2) is 13.6 Å². The van der Waals surface area contributed by atoms with E-state index in [-0.39, 0.29) is 35.2 Å². The number of carbonyl (C=O) groups excluding carboxylic acids is 1. The van der Waals surface area contributed by atoms with Gasteiger partial charge in [-0.3, -0.25) is 4.79 Å². The van der Waals surface area contributed by atoms with Crippen LogP contribution in [0.25, 0.3) is 17.0 Å². The van der Waals surface area contributed by atoms with Crippen LogP contribution in [0.3, 0.4) is 0 Å². The van der Waals surface area contributed by atoms with Gasteiger partial charge in [-0.05, 0) is 57.7 Å². The second-order valence-corrected chi connectivity index (χ2v) is 8.29. The highest BCUT2D eigenvalue weighted by Gasteiger charge is 2.29. The topological polar surface area (TPSA) is 86.3 Å². The van der Waals surface area contributed by atoms with Crippen LogP contribution in [-0.4, -0.2) is 36.3 Å². The maximum atomic E-state index is 14.9. The summed E-state index contributed by atoms with van der Waals surface area (Å²) in [5.74, 6) is -2.45. The van der Waals surface area contributed by atoms with Crippen molar-refractivity contribution in [3.8, 4) is 0 Å². The summed E-state index contributed by atoms with van der Waals surface area (Å²) in [4.78, 5) is 25.2. The van der Waals surface area contributed by atoms with Crippen LogP contribution in [0.15, 0.2) is 23.1 Å². The first-order chi connectivity index (χ1) is 14.9. The summed E-state index contributed by atoms with van der Waals surface area (Å²) < 4.78 is 36.0. The zero-order chi connectivity index (χ0) is 22.1. The number of hydrogen-bond acceptors (Lipinski definition) is 5. The van der Waals surface area contributed by atoms with Gasteiger partial charge in [-0.15, -0.1) is 0 Å². The highest BCUT2D eigenvalue weighted by atomic mass is 19.2. The third-order valence-electron chi connectivity index (χ3n) is 6.03. The maximum Gasteiger partial charge on any atom is 0.343 e. The number of ether oxygens (including phenoxy) is 1. The predicted molar refractivity (Wildman–Crippen MR) is 115 cm³/mol. The van der Waals surface area contributed by atoms with E-state index in [1.54, 1.807) is 23.6 Å². The van der Waals surface area contributed by atoms with Gasteiger partial charge in [0.1, 0.15) is 5.56 Å². The molecule has 0 bridgehead atoms. The molecule has 1 saturated carbocycles. The third kappa shape index (κ3) is 4.27. The molecule has 2 atom stereocenters. The van der Waals surface area contributed by atoms with Gasteiger partial charge in [0.25, 0.3) is 0 Å². The molecule has 1 aliphatic carbocycles. The fourth-order valence-electron chi connectivity index (χ4n) is 4.25. The Morgan fingerprint density at radius 2 is 2.16 bits per heavy atom. The summed E-state index contributed by atoms with van der Waals surface area (Å²) in [6, 6.07) is 1.15. The Morgan fingerprint density at radius 3 is 2.81 bits per heavy atom. The number of halogens is 2. The molecule has 31 heavy (non-hydrogen) atoms. The average Bonchev–Trinajstić information content (AvgIpc) is 3.49. The first-order valence-electron chi connectivity index (χ1n) is 10.8. The number of rotatable bonds is 7. The van der Waals surface area contributed by atoms with Crippen molar-refractivity contribution in [1.29, 1.82) is 0 Å². The van der Waals surface area contributed by atoms with Crippen LogP contribution in [0.5, 0.6) is 0 Å². The van der Waals surface area contributed by atoms with E-state index in [1.807, 2.05) is 0 Å². The molecule has 1 aromatic carbocycles. The van der Waals surface area contributed by atoms with E-state index in [0.29, 0.717) is 24.4 Å². The van der Waals surface area contributed by atoms with Gasteiger partial charge in [0.05, 0.1) is 17.5 Å². The fourth-order valence-corrected chi connectivity index (χ4v) is 4.25. The molecule has 2 fully saturated rings. The molecule has 0 amide bonds. The number of nitrogens with zero attached hydrogens (tertiary/aromatic N) is 1. The first-order valence-corrected chi connectivity index (χ1v) is 10.8. The van der Waals surface area contributed by atoms with Crippen LogP contribution in [0.2, 0.25) is 0 Å². The summed E-state index contributed by atoms with van der Waals surface area (Å²) in [6.45, 7) is 3.23. The molecule has 6 nitrogen and oxygen atoms in total. The molecule has 8 heteroatoms. The Hall–Kier alpha value is -2.58. The van der Waals surface area contributed by atoms with Gasteiger partial charge in [0.15, 0.2) is 11.6 Å². The van der Waals surface area contributed by atoms with Crippen molar-refractivity contribution in [2.75, 3.05) is 19.7 Å². The van der Waals surface area contributed by atoms with Gasteiger partial charge in [-0.2, -0.15) is 0 Å². The summed E-state index contributed by atoms with van der Waals surface area (Å²) in [6.07, 6.45) is 8.03. The molecular weight excluding hydrogens is 404 g/mol. The van der Waals surface area contributed by atoms with Gasteiger partial charge in [0.2, 0.25) is 5.43 Å². The Morgan fingerprint density at radius 1 is 1.39 bits per heavy atom. The van der Waals surface area contributed by atoms with Crippen LogP contribution >= 0.6 is 0 Å². The Kier molecular flexibility index (Phi) is 6.20. The lowest BCUT2D eigenvalue weighted by Gasteiger charge is -2.16. The predicted octanol–water partition coefficient (Wildman–Crippen LogP) is 3.13. The Labute approximate surface area is 179 Å². The highest BCUT2D eigenvalue weighted by molar-refractivity contribution is 5.96. The van der Waals surface area contributed by atoms with E-state index in [4.69, 9.17) is 10.5 Å². The summed E-state index contributed by atoms with van der Waals surface area (Å²) in [5, 5.41) is 3.37. The Balaban J connectivity index is 1.78. The zero-order valence-corrected chi connectivity index (χ0v) is 17.5. The minimum absolute atomic E-state index is 0.0156. The molecule has 166 valence electrons. The van der Waals surface area contributed by atoms with E-state index in [0.717, 1.165) is 31.9 Å². The molecule has 1 aromatic heterocycles. The minimum atomic E-state index is -1.12. The molecule has 3 N–H and O–H groups in total. The fraction of sp³-hybridized carbons (Fsp3) is 0.478. The lowest BCUT2D eigenvalue weighted by molar-refractivity contribution is 0.0524. The van der Waals surface area contributed by atoms with E-state index in [9.17, 15) is 18.4 Å². The number of fused-ring (bicyclic) bond motifs is 1. The Bertz CT molecular complexity index is 1090. The quantitative estimate of drug-likeness (QED) is 0.658. The summed E-state index contributed by atoms with van der Waals surface area (Å²) in [7, 11) is 0. The van der Waals surface area contributed by atoms with Crippen LogP contribution < -0.4 is 16.5 Å². The molecule has 4 rings (SSSR count). The molecule has 0 spiro atoms. The summed E-state index contributed by atoms with van der Waals surface area (Å²) >= 11 is 0. The lowest BCUT2D eigenvalue weighted by atomic mass is 10.0. The SMILES string of the molecule is CCOC(=O)c1cn(C2CC2)c2c(C=CC[C@H]3C[C@H](CN)CN3)c(F)c(F)cc2c1=O. The van der Waals surface area contributed by atoms with Crippen molar-refractivity contribution in [3.05, 3.63) is 51.3 Å². The summed E-state index contributed by atoms with van der Waals surface area (Å²) in [5.41, 5.74) is 5.25. The van der Waals surface area contributed by atoms with E-state index >= 15 is 0 Å². The van der Waals surface area contributed by atoms with Crippen molar-refractivity contribution >= 4 is 22.9 Å². The highest BCUT2D eigenvalue weighted by Crippen LogP contribution is 2.38. The third-order valence-corrected chi connectivity index (χ3v) is 6.03. The second-order valence-electron chi connectivity index (χ2n) is 8.29. The van der Waals surface area contributed by atoms with Gasteiger partial charge < -0.3 is 20.4 Å². The molecule has 0 radical (unpaired) electrons. The molecule has 2 heterocycles. The van der Waals surface area contributed by atoms with Gasteiger partial charge in [0, 0.05) is 23.8 Å². The molecular formula is C23H27F2N3O3. The van der Waals surface area contributed by atoms with Crippen molar-refractivity contribution in [2.45, 2.75) is 44.7 Å². The van der Waals surface area contributed by atoms with Crippen LogP contribution in [0.4, 0.5) is 8.78 Å². The molecule has 2 aliphatic rings. The molecule has 0 unspecified atom stereocenters. The number of nitrogens with one attached hydrogen (secondary N) is 1. The first kappa shape index (κ1) is 21.6. The van der Waals surface area contributed by atoms with Crippen molar-refractivity contribution in [3.63, 3.8) is 0 Å². The van der Waals surface area contributed by atoms with Gasteiger partial charge >= 0.3 is 5.97 Å². The zero-order valence-electron chi connectivity index (χ0n) is 17.5. The molecule has 2 aromatic rings. The number of carbonyl (C=O) groups is 1. The van der Waals surface area contributed by atoms with Gasteiger partial charge in [-0.1, -0.05) is 12.2 Å². The monoisotopic (exact) mass is 431 g/mol. The number of nitrogens with two attached hydrogens (primary N) is 1. The largest absolute Gasteiger partial charge is 0.462 e. The van der Waals surface area contributed by atoms with Crippen molar-refractivity contribution in [1.82, 2.24) is 9.88 Å². The van der Waals surface area contributed by atoms with E-state index in [1.165, 1.54) is 6.20 Å². The van der Waals surface area contributed by atoms with Crippen LogP contribution in [-0.2, 0) is 4.74 Å². The number of hydrogen-bond donors (Lipinski definition) is 2. The maximum absolute atomic E-state index is 14.9. The van der Waals surface area contributed by atoms with Crippen molar-refractivity contribution < 1.29 is 18.3 Å². The smallest absolute Gasteiger partial charge is 0.343 e. The van der Waals surface area contributed by atoms with Crippen LogP contribution in [0, 0.1) is 17.6 Å². The second kappa shape index (κ2) is 8.88. The number of benzene rings is 1. The normalized spacial score (nSPS) is 21.3. The number of esters is 1. The van der Waals surface area contributed by atoms with E-state index < -0.39 is 23.0 Å². The van der Waals surface area contributed by atoms with Crippen molar-refractivity contribution in [2.24, 2.45) is 11.7 Å². The molecule has 1 aliphatic heterocycles. The lowest BCUT2D eigenvalue weighted by Crippen LogP contribution is -2.22. The van der Waals surface area contributed by atoms with Crippen LogP contribution in [0.1, 0.15) is 54.6 Å². The average molecular weight is 431 g/mol. The number of pyridine rings is 1.